The fourth-order valence-corrected chi connectivity index (χ4v) is 1.81. The van der Waals surface area contributed by atoms with Crippen molar-refractivity contribution in [2.45, 2.75) is 0 Å². The topological polar surface area (TPSA) is 52.0 Å². The number of nitrogens with two attached hydrogens (primary N) is 2. The van der Waals surface area contributed by atoms with E-state index in [1.54, 1.807) is 0 Å². The zero-order valence-corrected chi connectivity index (χ0v) is 6.27. The number of rotatable bonds is 2. The molecule has 4 N–H and O–H groups in total. The van der Waals surface area contributed by atoms with Crippen LogP contribution in [0.2, 0.25) is 0 Å². The third-order valence-electron chi connectivity index (χ3n) is 0.434. The minimum Gasteiger partial charge on any atom is -0.291 e. The summed E-state index contributed by atoms with van der Waals surface area (Å²) in [6.45, 7) is 0. The van der Waals surface area contributed by atoms with Gasteiger partial charge in [-0.2, -0.15) is 0 Å². The van der Waals surface area contributed by atoms with E-state index < -0.39 is 6.34 Å². The lowest BCUT2D eigenvalue weighted by atomic mass is 11.0. The van der Waals surface area contributed by atoms with Crippen molar-refractivity contribution in [1.29, 1.82) is 0 Å². The Labute approximate surface area is 53.3 Å². The Hall–Kier alpha value is 0.860. The highest BCUT2D eigenvalue weighted by molar-refractivity contribution is 8.12. The molecule has 0 spiro atoms. The molecule has 7 heavy (non-hydrogen) atoms. The first-order chi connectivity index (χ1) is 3.06. The molecule has 0 rings (SSSR count). The van der Waals surface area contributed by atoms with E-state index in [0.717, 1.165) is 0 Å². The van der Waals surface area contributed by atoms with Crippen molar-refractivity contribution < 1.29 is 0 Å². The van der Waals surface area contributed by atoms with Crippen molar-refractivity contribution in [2.75, 3.05) is 12.0 Å². The van der Waals surface area contributed by atoms with Crippen molar-refractivity contribution in [3.05, 3.63) is 0 Å². The minimum atomic E-state index is -1.96. The van der Waals surface area contributed by atoms with E-state index in [4.69, 9.17) is 22.6 Å². The van der Waals surface area contributed by atoms with E-state index >= 15 is 0 Å². The lowest BCUT2D eigenvalue weighted by molar-refractivity contribution is 1.46. The first kappa shape index (κ1) is 7.86. The quantitative estimate of drug-likeness (QED) is 0.453. The number of hydrogen-bond acceptors (Lipinski definition) is 1. The van der Waals surface area contributed by atoms with Crippen LogP contribution in [0.15, 0.2) is 0 Å². The normalized spacial score (nSPS) is 11.9. The molecule has 0 aromatic rings. The highest BCUT2D eigenvalue weighted by atomic mass is 35.5. The zero-order valence-electron chi connectivity index (χ0n) is 3.80. The maximum Gasteiger partial charge on any atom is 0.0683 e. The lowest BCUT2D eigenvalue weighted by Gasteiger charge is -2.04. The second-order valence-electron chi connectivity index (χ2n) is 1.27. The van der Waals surface area contributed by atoms with E-state index in [1.165, 1.54) is 0 Å². The molecule has 0 atom stereocenters. The smallest absolute Gasteiger partial charge is 0.0683 e. The maximum atomic E-state index is 5.29. The monoisotopic (exact) mass is 158 g/mol. The van der Waals surface area contributed by atoms with Crippen LogP contribution in [0, 0.1) is 0 Å². The summed E-state index contributed by atoms with van der Waals surface area (Å²) in [6.07, 6.45) is -1.38. The number of hydrogen-bond donors (Lipinski definition) is 2. The molecular weight excluding hydrogens is 151 g/mol. The third kappa shape index (κ3) is 6.86. The van der Waals surface area contributed by atoms with Crippen molar-refractivity contribution in [3.8, 4) is 0 Å². The van der Waals surface area contributed by atoms with Crippen LogP contribution in [0.25, 0.3) is 0 Å². The summed E-state index contributed by atoms with van der Waals surface area (Å²) in [6, 6.07) is 0. The Morgan fingerprint density at radius 2 is 2.00 bits per heavy atom. The minimum absolute atomic E-state index is 0.476. The Kier molecular flexibility index (Phi) is 3.37. The molecule has 0 radical (unpaired) electrons. The number of halogens is 1. The Morgan fingerprint density at radius 1 is 1.57 bits per heavy atom. The van der Waals surface area contributed by atoms with Gasteiger partial charge >= 0.3 is 0 Å². The average Bonchev–Trinajstić information content (AvgIpc) is 1.30. The predicted molar refractivity (Wildman–Crippen MR) is 38.2 cm³/mol. The van der Waals surface area contributed by atoms with E-state index in [0.29, 0.717) is 12.0 Å². The van der Waals surface area contributed by atoms with Gasteiger partial charge in [-0.05, 0) is 0 Å². The summed E-state index contributed by atoms with van der Waals surface area (Å²) in [5, 5.41) is 0. The number of alkyl halides is 1. The van der Waals surface area contributed by atoms with Crippen LogP contribution in [0.3, 0.4) is 0 Å². The molecule has 0 bridgehead atoms. The summed E-state index contributed by atoms with van der Waals surface area (Å²) >= 11 is 9.95. The molecule has 0 aliphatic carbocycles. The molecule has 0 heterocycles. The van der Waals surface area contributed by atoms with Crippen LogP contribution in [-0.2, 0) is 11.8 Å². The molecule has 44 valence electrons. The molecule has 2 nitrogen and oxygen atoms in total. The van der Waals surface area contributed by atoms with E-state index in [9.17, 15) is 0 Å². The summed E-state index contributed by atoms with van der Waals surface area (Å²) in [4.78, 5) is 0. The van der Waals surface area contributed by atoms with Crippen molar-refractivity contribution in [1.82, 2.24) is 0 Å². The highest BCUT2D eigenvalue weighted by Gasteiger charge is 1.98. The van der Waals surface area contributed by atoms with Crippen LogP contribution in [-0.4, -0.2) is 12.0 Å². The molecule has 0 saturated carbocycles. The molecule has 0 saturated heterocycles. The zero-order chi connectivity index (χ0) is 5.91. The first-order valence-corrected chi connectivity index (χ1v) is 5.44. The van der Waals surface area contributed by atoms with E-state index in [2.05, 4.69) is 11.8 Å². The van der Waals surface area contributed by atoms with E-state index in [-0.39, 0.29) is 0 Å². The van der Waals surface area contributed by atoms with Crippen molar-refractivity contribution in [3.63, 3.8) is 0 Å². The molecule has 0 aromatic carbocycles. The Balaban J connectivity index is 3.36. The van der Waals surface area contributed by atoms with Gasteiger partial charge in [0, 0.05) is 12.0 Å². The van der Waals surface area contributed by atoms with Gasteiger partial charge in [0.15, 0.2) is 0 Å². The van der Waals surface area contributed by atoms with Gasteiger partial charge in [0.05, 0.1) is 6.34 Å². The standard InChI is InChI=1S/C2H8ClN2PS/c3-1-2-6(4,5)7/h1-2H2,(H4,4,5,7). The molecule has 0 unspecified atom stereocenters. The second-order valence-corrected chi connectivity index (χ2v) is 5.84. The van der Waals surface area contributed by atoms with Gasteiger partial charge in [-0.25, -0.2) is 0 Å². The van der Waals surface area contributed by atoms with Gasteiger partial charge in [0.2, 0.25) is 0 Å². The van der Waals surface area contributed by atoms with Crippen LogP contribution >= 0.6 is 17.9 Å². The molecule has 0 aliphatic heterocycles. The Morgan fingerprint density at radius 3 is 2.00 bits per heavy atom. The van der Waals surface area contributed by atoms with Gasteiger partial charge < -0.3 is 0 Å². The lowest BCUT2D eigenvalue weighted by Crippen LogP contribution is -2.08. The van der Waals surface area contributed by atoms with Crippen molar-refractivity contribution >= 4 is 29.7 Å². The molecule has 0 amide bonds. The summed E-state index contributed by atoms with van der Waals surface area (Å²) < 4.78 is 0. The summed E-state index contributed by atoms with van der Waals surface area (Å²) in [5.74, 6) is 0.476. The molecule has 0 aliphatic rings. The highest BCUT2D eigenvalue weighted by Crippen LogP contribution is 2.23. The van der Waals surface area contributed by atoms with Crippen molar-refractivity contribution in [2.24, 2.45) is 11.0 Å². The largest absolute Gasteiger partial charge is 0.291 e. The van der Waals surface area contributed by atoms with E-state index in [1.807, 2.05) is 0 Å². The first-order valence-electron chi connectivity index (χ1n) is 1.78. The molecule has 0 fully saturated rings. The third-order valence-corrected chi connectivity index (χ3v) is 2.36. The molecular formula is C2H8ClN2PS. The van der Waals surface area contributed by atoms with Gasteiger partial charge in [0.1, 0.15) is 0 Å². The van der Waals surface area contributed by atoms with Crippen LogP contribution in [0.1, 0.15) is 0 Å². The van der Waals surface area contributed by atoms with Gasteiger partial charge in [-0.15, -0.1) is 11.6 Å². The Bertz CT molecular complexity index is 89.7. The second kappa shape index (κ2) is 3.00. The van der Waals surface area contributed by atoms with Crippen LogP contribution < -0.4 is 11.0 Å². The SMILES string of the molecule is NP(N)(=S)CCCl. The summed E-state index contributed by atoms with van der Waals surface area (Å²) in [5.41, 5.74) is 10.5. The fourth-order valence-electron chi connectivity index (χ4n) is 0.132. The van der Waals surface area contributed by atoms with Crippen LogP contribution in [0.5, 0.6) is 0 Å². The van der Waals surface area contributed by atoms with Crippen LogP contribution in [0.4, 0.5) is 0 Å². The maximum absolute atomic E-state index is 5.29. The molecule has 0 aromatic heterocycles. The summed E-state index contributed by atoms with van der Waals surface area (Å²) in [7, 11) is 0. The van der Waals surface area contributed by atoms with Gasteiger partial charge in [-0.1, -0.05) is 11.8 Å². The predicted octanol–water partition coefficient (Wildman–Crippen LogP) is 0.452. The average molecular weight is 159 g/mol. The van der Waals surface area contributed by atoms with Gasteiger partial charge in [-0.3, -0.25) is 11.0 Å². The molecule has 5 heteroatoms. The van der Waals surface area contributed by atoms with Gasteiger partial charge in [0.25, 0.3) is 0 Å². The fraction of sp³-hybridized carbons (Fsp3) is 1.00.